The smallest absolute Gasteiger partial charge is 0.475 e. The number of guanidine groups is 1. The first kappa shape index (κ1) is 34.8. The molecule has 0 aliphatic carbocycles. The lowest BCUT2D eigenvalue weighted by Crippen LogP contribution is -2.49. The highest BCUT2D eigenvalue weighted by Gasteiger charge is 2.34. The zero-order chi connectivity index (χ0) is 30.5. The van der Waals surface area contributed by atoms with Gasteiger partial charge in [0.25, 0.3) is 5.96 Å². The summed E-state index contributed by atoms with van der Waals surface area (Å²) in [4.78, 5) is 40.9. The fourth-order valence-electron chi connectivity index (χ4n) is 4.25. The lowest BCUT2D eigenvalue weighted by molar-refractivity contribution is -0.525. The number of Topliss-reactive ketones (excluding diaryl/α,β-unsaturated/α-hetero) is 1. The molecule has 1 aromatic rings. The van der Waals surface area contributed by atoms with Gasteiger partial charge in [-0.05, 0) is 69.1 Å². The van der Waals surface area contributed by atoms with Gasteiger partial charge in [-0.1, -0.05) is 45.3 Å². The highest BCUT2D eigenvalue weighted by molar-refractivity contribution is 6.43. The van der Waals surface area contributed by atoms with Crippen molar-refractivity contribution in [2.24, 2.45) is 28.0 Å². The average molecular weight is 564 g/mol. The van der Waals surface area contributed by atoms with Crippen molar-refractivity contribution in [2.75, 3.05) is 13.2 Å². The van der Waals surface area contributed by atoms with Gasteiger partial charge in [0.05, 0.1) is 12.5 Å². The van der Waals surface area contributed by atoms with E-state index < -0.39 is 35.3 Å². The molecule has 6 N–H and O–H groups in total. The van der Waals surface area contributed by atoms with E-state index in [1.54, 1.807) is 5.43 Å². The monoisotopic (exact) mass is 563 g/mol. The number of nitrogens with two attached hydrogens (primary N) is 1. The maximum Gasteiger partial charge on any atom is 0.475 e. The first-order valence-electron chi connectivity index (χ1n) is 13.7. The lowest BCUT2D eigenvalue weighted by atomic mass is 9.74. The van der Waals surface area contributed by atoms with Crippen molar-refractivity contribution < 1.29 is 29.4 Å². The number of hydrazine groups is 1. The molecule has 12 nitrogen and oxygen atoms in total. The van der Waals surface area contributed by atoms with Crippen LogP contribution in [0.25, 0.3) is 0 Å². The van der Waals surface area contributed by atoms with Gasteiger partial charge in [0.1, 0.15) is 11.5 Å². The number of rotatable bonds is 18. The largest absolute Gasteiger partial charge is 0.493 e. The van der Waals surface area contributed by atoms with Gasteiger partial charge in [0.2, 0.25) is 5.91 Å². The zero-order valence-corrected chi connectivity index (χ0v) is 24.6. The molecule has 0 bridgehead atoms. The van der Waals surface area contributed by atoms with Crippen LogP contribution in [0.5, 0.6) is 5.75 Å². The molecule has 0 saturated carbocycles. The van der Waals surface area contributed by atoms with E-state index in [0.29, 0.717) is 32.3 Å². The third kappa shape index (κ3) is 13.2. The second-order valence-electron chi connectivity index (χ2n) is 11.4. The van der Waals surface area contributed by atoms with Crippen molar-refractivity contribution in [3.63, 3.8) is 0 Å². The fraction of sp³-hybridized carbons (Fsp3) is 0.667. The van der Waals surface area contributed by atoms with E-state index in [2.05, 4.69) is 10.3 Å². The number of ether oxygens (including phenoxy) is 1. The summed E-state index contributed by atoms with van der Waals surface area (Å²) in [6.45, 7) is 12.0. The molecule has 0 heterocycles. The molecule has 0 spiro atoms. The van der Waals surface area contributed by atoms with Gasteiger partial charge in [-0.2, -0.15) is 0 Å². The molecule has 0 fully saturated rings. The van der Waals surface area contributed by atoms with Crippen LogP contribution >= 0.6 is 0 Å². The number of nitrogens with zero attached hydrogens (tertiary/aromatic N) is 2. The van der Waals surface area contributed by atoms with Gasteiger partial charge >= 0.3 is 7.12 Å². The molecular formula is C27H46BN5O7. The van der Waals surface area contributed by atoms with Gasteiger partial charge in [-0.25, -0.2) is 15.1 Å². The normalized spacial score (nSPS) is 13.5. The minimum absolute atomic E-state index is 0.0427. The predicted molar refractivity (Wildman–Crippen MR) is 155 cm³/mol. The Balaban J connectivity index is 2.84. The third-order valence-corrected chi connectivity index (χ3v) is 6.72. The van der Waals surface area contributed by atoms with E-state index in [-0.39, 0.29) is 37.0 Å². The summed E-state index contributed by atoms with van der Waals surface area (Å²) < 4.78 is 5.93. The van der Waals surface area contributed by atoms with Gasteiger partial charge < -0.3 is 25.8 Å². The van der Waals surface area contributed by atoms with Gasteiger partial charge in [-0.3, -0.25) is 9.59 Å². The van der Waals surface area contributed by atoms with Gasteiger partial charge in [-0.15, -0.1) is 0 Å². The van der Waals surface area contributed by atoms with Crippen molar-refractivity contribution in [3.05, 3.63) is 39.4 Å². The molecule has 1 amide bonds. The van der Waals surface area contributed by atoms with Crippen LogP contribution in [-0.2, 0) is 9.59 Å². The van der Waals surface area contributed by atoms with E-state index in [9.17, 15) is 29.8 Å². The lowest BCUT2D eigenvalue weighted by Gasteiger charge is -2.27. The first-order valence-corrected chi connectivity index (χ1v) is 13.7. The number of hydrogen-bond acceptors (Lipinski definition) is 8. The van der Waals surface area contributed by atoms with E-state index in [4.69, 9.17) is 10.5 Å². The molecule has 1 rings (SSSR count). The third-order valence-electron chi connectivity index (χ3n) is 6.72. The number of carbonyl (C=O) groups excluding carboxylic acids is 2. The molecule has 1 aromatic carbocycles. The number of benzene rings is 1. The Bertz CT molecular complexity index is 1020. The molecule has 0 saturated heterocycles. The van der Waals surface area contributed by atoms with Crippen LogP contribution in [0.2, 0.25) is 0 Å². The van der Waals surface area contributed by atoms with E-state index in [1.807, 2.05) is 59.7 Å². The number of carbonyl (C=O) groups is 2. The van der Waals surface area contributed by atoms with E-state index in [0.717, 1.165) is 16.9 Å². The summed E-state index contributed by atoms with van der Waals surface area (Å²) in [6, 6.07) is 6.01. The molecule has 0 aliphatic heterocycles. The average Bonchev–Trinajstić information content (AvgIpc) is 2.84. The fourth-order valence-corrected chi connectivity index (χ4v) is 4.25. The van der Waals surface area contributed by atoms with E-state index in [1.165, 1.54) is 0 Å². The maximum atomic E-state index is 13.4. The molecule has 224 valence electrons. The molecule has 40 heavy (non-hydrogen) atoms. The molecular weight excluding hydrogens is 517 g/mol. The summed E-state index contributed by atoms with van der Waals surface area (Å²) in [5, 5.41) is 31.9. The minimum atomic E-state index is -1.74. The Labute approximate surface area is 237 Å². The summed E-state index contributed by atoms with van der Waals surface area (Å²) >= 11 is 0. The van der Waals surface area contributed by atoms with Gasteiger partial charge in [0, 0.05) is 24.3 Å². The molecule has 0 unspecified atom stereocenters. The van der Waals surface area contributed by atoms with Gasteiger partial charge in [0.15, 0.2) is 5.03 Å². The summed E-state index contributed by atoms with van der Waals surface area (Å²) in [7, 11) is -1.74. The number of nitrogens with one attached hydrogen (secondary N) is 2. The number of aliphatic imine (C=N–C) groups is 1. The topological polar surface area (TPSA) is 189 Å². The van der Waals surface area contributed by atoms with Crippen LogP contribution in [0.1, 0.15) is 77.3 Å². The Morgan fingerprint density at radius 3 is 2.50 bits per heavy atom. The standard InChI is InChI=1S/C27H46BN5O7/c1-18(2)15-24(28(36)37)31-25(35)21(9-7-13-30-26(29)32-33(38)39)17-23(34)27(5,6)12-8-14-40-22-16-19(3)10-11-20(22)4/h10-11,16,18,21,24,36-37H,7-9,12-15,17H2,1-6H3,(H,31,35)(H3,29,30,32)/t21-,24+/m1/s1. The van der Waals surface area contributed by atoms with Crippen LogP contribution in [-0.4, -0.2) is 58.9 Å². The van der Waals surface area contributed by atoms with Crippen molar-refractivity contribution in [1.29, 1.82) is 0 Å². The van der Waals surface area contributed by atoms with Crippen molar-refractivity contribution in [3.8, 4) is 5.75 Å². The van der Waals surface area contributed by atoms with Crippen molar-refractivity contribution in [2.45, 2.75) is 86.0 Å². The maximum absolute atomic E-state index is 13.4. The minimum Gasteiger partial charge on any atom is -0.493 e. The number of aryl methyl sites for hydroxylation is 2. The summed E-state index contributed by atoms with van der Waals surface area (Å²) in [5.74, 6) is -1.61. The summed E-state index contributed by atoms with van der Waals surface area (Å²) in [5.41, 5.74) is 8.63. The highest BCUT2D eigenvalue weighted by Crippen LogP contribution is 2.29. The predicted octanol–water partition coefficient (Wildman–Crippen LogP) is 2.48. The number of hydrogen-bond donors (Lipinski definition) is 5. The Morgan fingerprint density at radius 1 is 1.23 bits per heavy atom. The molecule has 13 heteroatoms. The second kappa shape index (κ2) is 16.8. The quantitative estimate of drug-likeness (QED) is 0.0446. The number of amides is 1. The second-order valence-corrected chi connectivity index (χ2v) is 11.4. The molecule has 2 atom stereocenters. The first-order chi connectivity index (χ1) is 18.6. The Morgan fingerprint density at radius 2 is 1.90 bits per heavy atom. The number of ketones is 1. The van der Waals surface area contributed by atoms with Crippen LogP contribution < -0.4 is 21.2 Å². The molecule has 0 aromatic heterocycles. The molecule has 0 radical (unpaired) electrons. The Hall–Kier alpha value is -3.19. The van der Waals surface area contributed by atoms with Crippen LogP contribution in [0.15, 0.2) is 23.2 Å². The van der Waals surface area contributed by atoms with E-state index >= 15 is 0 Å². The SMILES string of the molecule is Cc1ccc(C)c(OCCCC(C)(C)C(=O)C[C@@H](CCCN=C(N)N[N+](=O)[O-])C(=O)N[C@@H](CC(C)C)B(O)O)c1. The van der Waals surface area contributed by atoms with Crippen LogP contribution in [0, 0.1) is 41.2 Å². The Kier molecular flexibility index (Phi) is 14.6. The summed E-state index contributed by atoms with van der Waals surface area (Å²) in [6.07, 6.45) is 2.11. The van der Waals surface area contributed by atoms with Crippen molar-refractivity contribution >= 4 is 24.8 Å². The molecule has 0 aliphatic rings. The van der Waals surface area contributed by atoms with Crippen molar-refractivity contribution in [1.82, 2.24) is 10.7 Å². The van der Waals surface area contributed by atoms with Crippen LogP contribution in [0.4, 0.5) is 0 Å². The van der Waals surface area contributed by atoms with Crippen LogP contribution in [0.3, 0.4) is 0 Å². The highest BCUT2D eigenvalue weighted by atomic mass is 16.7. The number of nitro groups is 1. The zero-order valence-electron chi connectivity index (χ0n) is 24.6.